The normalized spacial score (nSPS) is 22.2. The molecule has 0 aliphatic carbocycles. The highest BCUT2D eigenvalue weighted by molar-refractivity contribution is 14.0. The van der Waals surface area contributed by atoms with Crippen molar-refractivity contribution in [3.63, 3.8) is 0 Å². The van der Waals surface area contributed by atoms with E-state index in [0.717, 1.165) is 61.6 Å². The van der Waals surface area contributed by atoms with Gasteiger partial charge in [0.25, 0.3) is 0 Å². The number of hydrogen-bond acceptors (Lipinski definition) is 4. The summed E-state index contributed by atoms with van der Waals surface area (Å²) in [6.45, 7) is 5.94. The lowest BCUT2D eigenvalue weighted by atomic mass is 10.0. The second-order valence-electron chi connectivity index (χ2n) is 7.68. The van der Waals surface area contributed by atoms with Crippen LogP contribution in [0.1, 0.15) is 30.9 Å². The van der Waals surface area contributed by atoms with Gasteiger partial charge in [-0.15, -0.1) is 24.0 Å². The molecule has 0 aromatic heterocycles. The molecule has 2 unspecified atom stereocenters. The fraction of sp³-hybridized carbons (Fsp3) is 0.667. The Labute approximate surface area is 196 Å². The second-order valence-corrected chi connectivity index (χ2v) is 8.12. The third kappa shape index (κ3) is 7.86. The van der Waals surface area contributed by atoms with Crippen molar-refractivity contribution in [1.82, 2.24) is 15.5 Å². The monoisotopic (exact) mass is 536 g/mol. The van der Waals surface area contributed by atoms with Crippen LogP contribution in [0, 0.1) is 5.92 Å². The Morgan fingerprint density at radius 3 is 2.76 bits per heavy atom. The molecular weight excluding hydrogens is 503 g/mol. The molecule has 8 heteroatoms. The van der Waals surface area contributed by atoms with E-state index < -0.39 is 0 Å². The van der Waals surface area contributed by atoms with E-state index in [1.807, 2.05) is 31.3 Å². The zero-order valence-electron chi connectivity index (χ0n) is 17.4. The van der Waals surface area contributed by atoms with E-state index in [1.54, 1.807) is 7.11 Å². The summed E-state index contributed by atoms with van der Waals surface area (Å²) in [5, 5.41) is 7.68. The van der Waals surface area contributed by atoms with Crippen LogP contribution in [-0.2, 0) is 9.47 Å². The molecule has 2 heterocycles. The molecule has 0 spiro atoms. The van der Waals surface area contributed by atoms with Gasteiger partial charge in [0, 0.05) is 58.0 Å². The minimum absolute atomic E-state index is 0. The first-order valence-electron chi connectivity index (χ1n) is 10.2. The molecule has 1 aromatic rings. The van der Waals surface area contributed by atoms with Crippen LogP contribution < -0.4 is 10.6 Å². The number of methoxy groups -OCH3 is 1. The highest BCUT2D eigenvalue weighted by Gasteiger charge is 2.24. The molecule has 2 saturated heterocycles. The van der Waals surface area contributed by atoms with Crippen LogP contribution in [0.25, 0.3) is 0 Å². The van der Waals surface area contributed by atoms with Gasteiger partial charge in [0.15, 0.2) is 5.96 Å². The first kappa shape index (κ1) is 24.7. The first-order chi connectivity index (χ1) is 13.7. The Kier molecular flexibility index (Phi) is 11.0. The quantitative estimate of drug-likeness (QED) is 0.318. The molecule has 6 nitrogen and oxygen atoms in total. The Hall–Kier alpha value is -0.610. The molecule has 0 saturated carbocycles. The van der Waals surface area contributed by atoms with Crippen molar-refractivity contribution in [3.8, 4) is 0 Å². The van der Waals surface area contributed by atoms with Gasteiger partial charge >= 0.3 is 0 Å². The molecule has 2 atom stereocenters. The van der Waals surface area contributed by atoms with Crippen LogP contribution in [0.15, 0.2) is 29.3 Å². The van der Waals surface area contributed by atoms with Crippen molar-refractivity contribution in [3.05, 3.63) is 34.9 Å². The van der Waals surface area contributed by atoms with E-state index in [1.165, 1.54) is 13.0 Å². The van der Waals surface area contributed by atoms with Gasteiger partial charge in [0.2, 0.25) is 0 Å². The van der Waals surface area contributed by atoms with Crippen molar-refractivity contribution in [2.75, 3.05) is 53.6 Å². The van der Waals surface area contributed by atoms with Gasteiger partial charge in [0.1, 0.15) is 0 Å². The predicted molar refractivity (Wildman–Crippen MR) is 130 cm³/mol. The Balaban J connectivity index is 0.00000300. The van der Waals surface area contributed by atoms with E-state index in [9.17, 15) is 0 Å². The summed E-state index contributed by atoms with van der Waals surface area (Å²) in [5.41, 5.74) is 1.06. The highest BCUT2D eigenvalue weighted by atomic mass is 127. The molecule has 0 bridgehead atoms. The van der Waals surface area contributed by atoms with Crippen molar-refractivity contribution in [2.45, 2.75) is 31.4 Å². The van der Waals surface area contributed by atoms with Crippen LogP contribution >= 0.6 is 35.6 Å². The minimum atomic E-state index is -0.0762. The summed E-state index contributed by atoms with van der Waals surface area (Å²) in [7, 11) is 3.53. The van der Waals surface area contributed by atoms with E-state index in [2.05, 4.69) is 20.5 Å². The summed E-state index contributed by atoms with van der Waals surface area (Å²) >= 11 is 6.11. The molecule has 29 heavy (non-hydrogen) atoms. The number of nitrogens with one attached hydrogen (secondary N) is 2. The maximum Gasteiger partial charge on any atom is 0.191 e. The first-order valence-corrected chi connectivity index (χ1v) is 10.6. The molecule has 2 aliphatic heterocycles. The molecule has 164 valence electrons. The summed E-state index contributed by atoms with van der Waals surface area (Å²) in [6.07, 6.45) is 3.40. The summed E-state index contributed by atoms with van der Waals surface area (Å²) in [5.74, 6) is 1.54. The Morgan fingerprint density at radius 1 is 1.34 bits per heavy atom. The van der Waals surface area contributed by atoms with Crippen LogP contribution in [0.4, 0.5) is 0 Å². The maximum absolute atomic E-state index is 6.11. The number of piperidine rings is 1. The third-order valence-electron chi connectivity index (χ3n) is 5.65. The van der Waals surface area contributed by atoms with Gasteiger partial charge < -0.3 is 25.0 Å². The van der Waals surface area contributed by atoms with Gasteiger partial charge in [-0.05, 0) is 42.9 Å². The zero-order valence-corrected chi connectivity index (χ0v) is 20.5. The standard InChI is InChI=1S/C21H33ClN4O2.HI/c1-23-21(24-13-20(27-2)17-4-3-5-18(22)12-17)25-19-6-9-26(10-7-19)14-16-8-11-28-15-16;/h3-5,12,16,19-20H,6-11,13-15H2,1-2H3,(H2,23,24,25);1H. The second kappa shape index (κ2) is 12.9. The molecule has 0 radical (unpaired) electrons. The Morgan fingerprint density at radius 2 is 2.14 bits per heavy atom. The van der Waals surface area contributed by atoms with Crippen LogP contribution in [0.5, 0.6) is 0 Å². The average Bonchev–Trinajstić information content (AvgIpc) is 3.22. The number of ether oxygens (including phenoxy) is 2. The van der Waals surface area contributed by atoms with Crippen molar-refractivity contribution >= 4 is 41.5 Å². The number of halogens is 2. The number of rotatable bonds is 7. The van der Waals surface area contributed by atoms with E-state index in [-0.39, 0.29) is 30.1 Å². The third-order valence-corrected chi connectivity index (χ3v) is 5.89. The van der Waals surface area contributed by atoms with Crippen molar-refractivity contribution in [1.29, 1.82) is 0 Å². The number of nitrogens with zero attached hydrogens (tertiary/aromatic N) is 2. The maximum atomic E-state index is 6.11. The number of likely N-dealkylation sites (tertiary alicyclic amines) is 1. The van der Waals surface area contributed by atoms with Crippen LogP contribution in [0.3, 0.4) is 0 Å². The van der Waals surface area contributed by atoms with Gasteiger partial charge in [-0.1, -0.05) is 23.7 Å². The number of aliphatic imine (C=N–C) groups is 1. The molecule has 2 aliphatic rings. The SMILES string of the molecule is CN=C(NCC(OC)c1cccc(Cl)c1)NC1CCN(CC2CCOC2)CC1.I. The van der Waals surface area contributed by atoms with Gasteiger partial charge in [-0.25, -0.2) is 0 Å². The number of benzene rings is 1. The van der Waals surface area contributed by atoms with Gasteiger partial charge in [0.05, 0.1) is 12.7 Å². The largest absolute Gasteiger partial charge is 0.381 e. The molecule has 1 aromatic carbocycles. The minimum Gasteiger partial charge on any atom is -0.381 e. The fourth-order valence-corrected chi connectivity index (χ4v) is 4.17. The molecule has 3 rings (SSSR count). The molecule has 0 amide bonds. The predicted octanol–water partition coefficient (Wildman–Crippen LogP) is 3.31. The summed E-state index contributed by atoms with van der Waals surface area (Å²) < 4.78 is 11.1. The lowest BCUT2D eigenvalue weighted by Gasteiger charge is -2.34. The lowest BCUT2D eigenvalue weighted by molar-refractivity contribution is 0.106. The van der Waals surface area contributed by atoms with Crippen LogP contribution in [-0.4, -0.2) is 70.5 Å². The fourth-order valence-electron chi connectivity index (χ4n) is 3.97. The van der Waals surface area contributed by atoms with Crippen LogP contribution in [0.2, 0.25) is 5.02 Å². The van der Waals surface area contributed by atoms with Gasteiger partial charge in [-0.3, -0.25) is 4.99 Å². The lowest BCUT2D eigenvalue weighted by Crippen LogP contribution is -2.49. The summed E-state index contributed by atoms with van der Waals surface area (Å²) in [6, 6.07) is 8.25. The Bertz CT molecular complexity index is 635. The van der Waals surface area contributed by atoms with E-state index >= 15 is 0 Å². The van der Waals surface area contributed by atoms with E-state index in [0.29, 0.717) is 12.6 Å². The molecule has 2 fully saturated rings. The molecular formula is C21H34ClIN4O2. The van der Waals surface area contributed by atoms with Gasteiger partial charge in [-0.2, -0.15) is 0 Å². The van der Waals surface area contributed by atoms with E-state index in [4.69, 9.17) is 21.1 Å². The summed E-state index contributed by atoms with van der Waals surface area (Å²) in [4.78, 5) is 6.96. The van der Waals surface area contributed by atoms with Crippen molar-refractivity contribution < 1.29 is 9.47 Å². The number of guanidine groups is 1. The highest BCUT2D eigenvalue weighted by Crippen LogP contribution is 2.20. The molecule has 2 N–H and O–H groups in total. The average molecular weight is 537 g/mol. The zero-order chi connectivity index (χ0) is 19.8. The number of hydrogen-bond donors (Lipinski definition) is 2. The topological polar surface area (TPSA) is 58.1 Å². The van der Waals surface area contributed by atoms with Crippen molar-refractivity contribution in [2.24, 2.45) is 10.9 Å². The smallest absolute Gasteiger partial charge is 0.191 e.